The van der Waals surface area contributed by atoms with Gasteiger partial charge in [-0.2, -0.15) is 0 Å². The molecule has 0 fully saturated rings. The van der Waals surface area contributed by atoms with E-state index >= 15 is 0 Å². The summed E-state index contributed by atoms with van der Waals surface area (Å²) < 4.78 is 0. The van der Waals surface area contributed by atoms with Crippen LogP contribution >= 0.6 is 0 Å². The third kappa shape index (κ3) is 2.78. The molecule has 0 radical (unpaired) electrons. The van der Waals surface area contributed by atoms with Gasteiger partial charge >= 0.3 is 0 Å². The Bertz CT molecular complexity index is 542. The maximum Gasteiger partial charge on any atom is 0.126 e. The molecule has 0 saturated heterocycles. The lowest BCUT2D eigenvalue weighted by Gasteiger charge is -1.99. The van der Waals surface area contributed by atoms with Crippen LogP contribution in [0.5, 0.6) is 17.2 Å². The van der Waals surface area contributed by atoms with Crippen LogP contribution in [0.4, 0.5) is 0 Å². The van der Waals surface area contributed by atoms with Crippen LogP contribution in [0.3, 0.4) is 0 Å². The van der Waals surface area contributed by atoms with Crippen LogP contribution in [-0.4, -0.2) is 15.3 Å². The van der Waals surface area contributed by atoms with Crippen molar-refractivity contribution in [1.82, 2.24) is 0 Å². The number of phenolic OH excluding ortho intramolecular Hbond substituents is 3. The van der Waals surface area contributed by atoms with E-state index in [4.69, 9.17) is 10.2 Å². The van der Waals surface area contributed by atoms with Crippen LogP contribution in [0.2, 0.25) is 0 Å². The number of rotatable bonds is 2. The van der Waals surface area contributed by atoms with Gasteiger partial charge in [0.25, 0.3) is 0 Å². The number of benzene rings is 2. The molecule has 0 aromatic heterocycles. The van der Waals surface area contributed by atoms with Crippen LogP contribution in [0.25, 0.3) is 12.2 Å². The van der Waals surface area contributed by atoms with Crippen molar-refractivity contribution in [2.75, 3.05) is 0 Å². The summed E-state index contributed by atoms with van der Waals surface area (Å²) in [4.78, 5) is 0. The van der Waals surface area contributed by atoms with Crippen molar-refractivity contribution < 1.29 is 15.3 Å². The van der Waals surface area contributed by atoms with Crippen molar-refractivity contribution in [3.8, 4) is 17.2 Å². The van der Waals surface area contributed by atoms with E-state index in [1.54, 1.807) is 36.4 Å². The van der Waals surface area contributed by atoms with Crippen molar-refractivity contribution >= 4 is 12.2 Å². The summed E-state index contributed by atoms with van der Waals surface area (Å²) in [6, 6.07) is 11.1. The normalized spacial score (nSPS) is 10.8. The molecule has 3 nitrogen and oxygen atoms in total. The largest absolute Gasteiger partial charge is 0.508 e. The Morgan fingerprint density at radius 2 is 1.35 bits per heavy atom. The van der Waals surface area contributed by atoms with Crippen LogP contribution in [0, 0.1) is 0 Å². The molecule has 2 aromatic rings. The van der Waals surface area contributed by atoms with E-state index in [9.17, 15) is 5.11 Å². The molecule has 2 rings (SSSR count). The minimum absolute atomic E-state index is 0.0278. The first kappa shape index (κ1) is 11.1. The van der Waals surface area contributed by atoms with Crippen molar-refractivity contribution in [2.24, 2.45) is 0 Å². The highest BCUT2D eigenvalue weighted by Gasteiger charge is 1.98. The van der Waals surface area contributed by atoms with Gasteiger partial charge in [0.2, 0.25) is 0 Å². The topological polar surface area (TPSA) is 60.7 Å². The van der Waals surface area contributed by atoms with E-state index in [-0.39, 0.29) is 17.2 Å². The highest BCUT2D eigenvalue weighted by molar-refractivity contribution is 5.72. The van der Waals surface area contributed by atoms with Gasteiger partial charge in [0, 0.05) is 11.6 Å². The molecule has 0 atom stereocenters. The second-order valence-corrected chi connectivity index (χ2v) is 3.67. The van der Waals surface area contributed by atoms with Crippen molar-refractivity contribution in [3.05, 3.63) is 53.6 Å². The molecule has 0 heterocycles. The molecule has 0 aliphatic carbocycles. The standard InChI is InChI=1S/C14H12O3/c15-12-6-2-10(3-7-12)1-4-11-5-8-13(16)9-14(11)17/h1-9,15-17H/b4-1+. The van der Waals surface area contributed by atoms with Crippen molar-refractivity contribution in [3.63, 3.8) is 0 Å². The quantitative estimate of drug-likeness (QED) is 0.692. The molecule has 0 saturated carbocycles. The van der Waals surface area contributed by atoms with Gasteiger partial charge in [-0.3, -0.25) is 0 Å². The van der Waals surface area contributed by atoms with Gasteiger partial charge in [-0.05, 0) is 29.8 Å². The smallest absolute Gasteiger partial charge is 0.126 e. The van der Waals surface area contributed by atoms with Crippen molar-refractivity contribution in [2.45, 2.75) is 0 Å². The summed E-state index contributed by atoms with van der Waals surface area (Å²) in [6.07, 6.45) is 3.55. The fourth-order valence-electron chi connectivity index (χ4n) is 1.44. The van der Waals surface area contributed by atoms with Gasteiger partial charge in [0.1, 0.15) is 17.2 Å². The first-order valence-corrected chi connectivity index (χ1v) is 5.14. The molecule has 17 heavy (non-hydrogen) atoms. The molecule has 0 spiro atoms. The zero-order valence-electron chi connectivity index (χ0n) is 9.04. The Morgan fingerprint density at radius 1 is 0.706 bits per heavy atom. The molecule has 0 aliphatic rings. The minimum atomic E-state index is 0.0278. The summed E-state index contributed by atoms with van der Waals surface area (Å²) in [5, 5.41) is 27.8. The van der Waals surface area contributed by atoms with E-state index in [2.05, 4.69) is 0 Å². The highest BCUT2D eigenvalue weighted by atomic mass is 16.3. The molecule has 3 N–H and O–H groups in total. The molecule has 86 valence electrons. The minimum Gasteiger partial charge on any atom is -0.508 e. The number of phenols is 3. The van der Waals surface area contributed by atoms with Gasteiger partial charge in [-0.25, -0.2) is 0 Å². The van der Waals surface area contributed by atoms with Gasteiger partial charge in [0.15, 0.2) is 0 Å². The zero-order chi connectivity index (χ0) is 12.3. The van der Waals surface area contributed by atoms with E-state index < -0.39 is 0 Å². The molecule has 0 aliphatic heterocycles. The van der Waals surface area contributed by atoms with E-state index in [1.165, 1.54) is 12.1 Å². The Kier molecular flexibility index (Phi) is 3.01. The lowest BCUT2D eigenvalue weighted by Crippen LogP contribution is -1.75. The SMILES string of the molecule is Oc1ccc(/C=C/c2ccc(O)cc2O)cc1. The Balaban J connectivity index is 2.23. The number of hydrogen-bond acceptors (Lipinski definition) is 3. The van der Waals surface area contributed by atoms with E-state index in [0.29, 0.717) is 5.56 Å². The van der Waals surface area contributed by atoms with Gasteiger partial charge in [-0.15, -0.1) is 0 Å². The lowest BCUT2D eigenvalue weighted by atomic mass is 10.1. The van der Waals surface area contributed by atoms with Gasteiger partial charge in [-0.1, -0.05) is 24.3 Å². The molecule has 0 unspecified atom stereocenters. The summed E-state index contributed by atoms with van der Waals surface area (Å²) >= 11 is 0. The summed E-state index contributed by atoms with van der Waals surface area (Å²) in [5.74, 6) is 0.277. The van der Waals surface area contributed by atoms with Crippen LogP contribution < -0.4 is 0 Å². The lowest BCUT2D eigenvalue weighted by molar-refractivity contribution is 0.450. The zero-order valence-corrected chi connectivity index (χ0v) is 9.04. The van der Waals surface area contributed by atoms with Gasteiger partial charge < -0.3 is 15.3 Å². The van der Waals surface area contributed by atoms with Crippen LogP contribution in [0.15, 0.2) is 42.5 Å². The second-order valence-electron chi connectivity index (χ2n) is 3.67. The maximum atomic E-state index is 9.56. The fraction of sp³-hybridized carbons (Fsp3) is 0. The van der Waals surface area contributed by atoms with E-state index in [0.717, 1.165) is 5.56 Å². The average Bonchev–Trinajstić information content (AvgIpc) is 2.30. The molecule has 0 amide bonds. The Hall–Kier alpha value is -2.42. The van der Waals surface area contributed by atoms with Crippen LogP contribution in [-0.2, 0) is 0 Å². The summed E-state index contributed by atoms with van der Waals surface area (Å²) in [6.45, 7) is 0. The summed E-state index contributed by atoms with van der Waals surface area (Å²) in [7, 11) is 0. The van der Waals surface area contributed by atoms with Crippen LogP contribution in [0.1, 0.15) is 11.1 Å². The molecular formula is C14H12O3. The predicted molar refractivity (Wildman–Crippen MR) is 66.8 cm³/mol. The molecule has 3 heteroatoms. The fourth-order valence-corrected chi connectivity index (χ4v) is 1.44. The number of hydrogen-bond donors (Lipinski definition) is 3. The third-order valence-electron chi connectivity index (χ3n) is 2.36. The predicted octanol–water partition coefficient (Wildman–Crippen LogP) is 2.97. The maximum absolute atomic E-state index is 9.56. The monoisotopic (exact) mass is 228 g/mol. The van der Waals surface area contributed by atoms with Gasteiger partial charge in [0.05, 0.1) is 0 Å². The Labute approximate surface area is 98.9 Å². The Morgan fingerprint density at radius 3 is 2.00 bits per heavy atom. The van der Waals surface area contributed by atoms with Crippen molar-refractivity contribution in [1.29, 1.82) is 0 Å². The summed E-state index contributed by atoms with van der Waals surface area (Å²) in [5.41, 5.74) is 1.53. The first-order valence-electron chi connectivity index (χ1n) is 5.14. The third-order valence-corrected chi connectivity index (χ3v) is 2.36. The molecule has 0 bridgehead atoms. The van der Waals surface area contributed by atoms with E-state index in [1.807, 2.05) is 6.08 Å². The molecule has 2 aromatic carbocycles. The number of aromatic hydroxyl groups is 3. The second kappa shape index (κ2) is 4.61. The first-order chi connectivity index (χ1) is 8.15. The molecular weight excluding hydrogens is 216 g/mol. The average molecular weight is 228 g/mol. The highest BCUT2D eigenvalue weighted by Crippen LogP contribution is 2.24.